The molecule has 7 heteroatoms. The average molecular weight is 340 g/mol. The number of benzene rings is 1. The van der Waals surface area contributed by atoms with Gasteiger partial charge in [-0.3, -0.25) is 4.79 Å². The van der Waals surface area contributed by atoms with Gasteiger partial charge in [-0.2, -0.15) is 0 Å². The van der Waals surface area contributed by atoms with Crippen molar-refractivity contribution < 1.29 is 14.3 Å². The number of hydrogen-bond donors (Lipinski definition) is 2. The first-order valence-electron chi connectivity index (χ1n) is 8.26. The maximum Gasteiger partial charge on any atom is 0.337 e. The molecule has 130 valence electrons. The van der Waals surface area contributed by atoms with Crippen LogP contribution in [0.15, 0.2) is 36.4 Å². The summed E-state index contributed by atoms with van der Waals surface area (Å²) in [5.74, 6) is -0.0919. The number of carbonyl (C=O) groups excluding carboxylic acids is 2. The predicted molar refractivity (Wildman–Crippen MR) is 93.6 cm³/mol. The number of amides is 1. The highest BCUT2D eigenvalue weighted by atomic mass is 16.5. The molecule has 0 saturated heterocycles. The summed E-state index contributed by atoms with van der Waals surface area (Å²) in [6.07, 6.45) is 4.76. The van der Waals surface area contributed by atoms with E-state index < -0.39 is 5.97 Å². The van der Waals surface area contributed by atoms with Crippen LogP contribution in [0.2, 0.25) is 0 Å². The topological polar surface area (TPSA) is 93.2 Å². The molecule has 1 amide bonds. The molecule has 0 radical (unpaired) electrons. The van der Waals surface area contributed by atoms with Gasteiger partial charge < -0.3 is 15.4 Å². The SMILES string of the molecule is COC(=O)c1ccc(NC(=O)c2ccc(NC3CCCC3)nn2)cc1. The van der Waals surface area contributed by atoms with Crippen LogP contribution in [0.4, 0.5) is 11.5 Å². The van der Waals surface area contributed by atoms with E-state index in [2.05, 4.69) is 25.6 Å². The third-order valence-corrected chi connectivity index (χ3v) is 4.17. The molecular weight excluding hydrogens is 320 g/mol. The van der Waals surface area contributed by atoms with Crippen LogP contribution < -0.4 is 10.6 Å². The van der Waals surface area contributed by atoms with Crippen LogP contribution in [0, 0.1) is 0 Å². The molecule has 1 fully saturated rings. The second kappa shape index (κ2) is 7.74. The van der Waals surface area contributed by atoms with Crippen LogP contribution in [-0.2, 0) is 4.74 Å². The maximum absolute atomic E-state index is 12.2. The Bertz CT molecular complexity index is 738. The summed E-state index contributed by atoms with van der Waals surface area (Å²) in [6, 6.07) is 10.3. The Labute approximate surface area is 145 Å². The number of rotatable bonds is 5. The third kappa shape index (κ3) is 4.32. The first-order chi connectivity index (χ1) is 12.2. The Kier molecular flexibility index (Phi) is 5.23. The smallest absolute Gasteiger partial charge is 0.337 e. The van der Waals surface area contributed by atoms with Crippen LogP contribution in [0.25, 0.3) is 0 Å². The number of aromatic nitrogens is 2. The fraction of sp³-hybridized carbons (Fsp3) is 0.333. The van der Waals surface area contributed by atoms with Gasteiger partial charge in [0, 0.05) is 11.7 Å². The minimum absolute atomic E-state index is 0.231. The van der Waals surface area contributed by atoms with Gasteiger partial charge in [-0.15, -0.1) is 10.2 Å². The minimum atomic E-state index is -0.422. The molecule has 2 aromatic rings. The molecule has 1 heterocycles. The standard InChI is InChI=1S/C18H20N4O3/c1-25-18(24)12-6-8-14(9-7-12)20-17(23)15-10-11-16(22-21-15)19-13-4-2-3-5-13/h6-11,13H,2-5H2,1H3,(H,19,22)(H,20,23). The highest BCUT2D eigenvalue weighted by molar-refractivity contribution is 6.03. The predicted octanol–water partition coefficient (Wildman–Crippen LogP) is 2.87. The molecule has 25 heavy (non-hydrogen) atoms. The molecular formula is C18H20N4O3. The molecule has 7 nitrogen and oxygen atoms in total. The van der Waals surface area contributed by atoms with Gasteiger partial charge >= 0.3 is 5.97 Å². The highest BCUT2D eigenvalue weighted by Crippen LogP contribution is 2.21. The van der Waals surface area contributed by atoms with Crippen LogP contribution in [-0.4, -0.2) is 35.2 Å². The van der Waals surface area contributed by atoms with Crippen molar-refractivity contribution in [2.24, 2.45) is 0 Å². The summed E-state index contributed by atoms with van der Waals surface area (Å²) >= 11 is 0. The van der Waals surface area contributed by atoms with Gasteiger partial charge in [0.05, 0.1) is 12.7 Å². The molecule has 3 rings (SSSR count). The zero-order chi connectivity index (χ0) is 17.6. The van der Waals surface area contributed by atoms with Crippen molar-refractivity contribution in [3.8, 4) is 0 Å². The summed E-state index contributed by atoms with van der Waals surface area (Å²) in [5.41, 5.74) is 1.21. The molecule has 0 unspecified atom stereocenters. The fourth-order valence-electron chi connectivity index (χ4n) is 2.81. The lowest BCUT2D eigenvalue weighted by molar-refractivity contribution is 0.0600. The second-order valence-corrected chi connectivity index (χ2v) is 5.95. The molecule has 0 bridgehead atoms. The number of esters is 1. The third-order valence-electron chi connectivity index (χ3n) is 4.17. The van der Waals surface area contributed by atoms with Crippen molar-refractivity contribution in [1.29, 1.82) is 0 Å². The van der Waals surface area contributed by atoms with Crippen molar-refractivity contribution >= 4 is 23.4 Å². The summed E-state index contributed by atoms with van der Waals surface area (Å²) in [6.45, 7) is 0. The monoisotopic (exact) mass is 340 g/mol. The first kappa shape index (κ1) is 16.9. The highest BCUT2D eigenvalue weighted by Gasteiger charge is 2.16. The van der Waals surface area contributed by atoms with E-state index in [0.717, 1.165) is 12.8 Å². The number of ether oxygens (including phenoxy) is 1. The van der Waals surface area contributed by atoms with Crippen LogP contribution in [0.5, 0.6) is 0 Å². The van der Waals surface area contributed by atoms with Gasteiger partial charge in [-0.25, -0.2) is 4.79 Å². The zero-order valence-electron chi connectivity index (χ0n) is 14.0. The minimum Gasteiger partial charge on any atom is -0.465 e. The van der Waals surface area contributed by atoms with Crippen molar-refractivity contribution in [2.45, 2.75) is 31.7 Å². The number of anilines is 2. The number of nitrogens with zero attached hydrogens (tertiary/aromatic N) is 2. The lowest BCUT2D eigenvalue weighted by Gasteiger charge is -2.12. The molecule has 1 aliphatic rings. The van der Waals surface area contributed by atoms with E-state index in [1.54, 1.807) is 36.4 Å². The summed E-state index contributed by atoms with van der Waals surface area (Å²) in [7, 11) is 1.32. The normalized spacial score (nSPS) is 14.1. The van der Waals surface area contributed by atoms with E-state index in [1.807, 2.05) is 0 Å². The lowest BCUT2D eigenvalue weighted by atomic mass is 10.2. The van der Waals surface area contributed by atoms with Gasteiger partial charge in [0.2, 0.25) is 0 Å². The van der Waals surface area contributed by atoms with E-state index in [9.17, 15) is 9.59 Å². The Morgan fingerprint density at radius 2 is 1.76 bits per heavy atom. The van der Waals surface area contributed by atoms with Gasteiger partial charge in [0.1, 0.15) is 5.82 Å². The largest absolute Gasteiger partial charge is 0.465 e. The van der Waals surface area contributed by atoms with Crippen LogP contribution in [0.1, 0.15) is 46.5 Å². The Balaban J connectivity index is 1.59. The zero-order valence-corrected chi connectivity index (χ0v) is 14.0. The summed E-state index contributed by atoms with van der Waals surface area (Å²) in [5, 5.41) is 14.1. The quantitative estimate of drug-likeness (QED) is 0.813. The van der Waals surface area contributed by atoms with E-state index in [0.29, 0.717) is 23.1 Å². The summed E-state index contributed by atoms with van der Waals surface area (Å²) in [4.78, 5) is 23.6. The van der Waals surface area contributed by atoms with Crippen molar-refractivity contribution in [1.82, 2.24) is 10.2 Å². The van der Waals surface area contributed by atoms with E-state index >= 15 is 0 Å². The average Bonchev–Trinajstić information content (AvgIpc) is 3.15. The van der Waals surface area contributed by atoms with Crippen molar-refractivity contribution in [2.75, 3.05) is 17.7 Å². The molecule has 1 saturated carbocycles. The van der Waals surface area contributed by atoms with E-state index in [1.165, 1.54) is 20.0 Å². The molecule has 0 spiro atoms. The number of nitrogens with one attached hydrogen (secondary N) is 2. The van der Waals surface area contributed by atoms with Gasteiger partial charge in [0.25, 0.3) is 5.91 Å². The second-order valence-electron chi connectivity index (χ2n) is 5.95. The number of methoxy groups -OCH3 is 1. The number of hydrogen-bond acceptors (Lipinski definition) is 6. The van der Waals surface area contributed by atoms with Crippen molar-refractivity contribution in [3.63, 3.8) is 0 Å². The molecule has 0 aliphatic heterocycles. The number of carbonyl (C=O) groups is 2. The first-order valence-corrected chi connectivity index (χ1v) is 8.26. The van der Waals surface area contributed by atoms with Gasteiger partial charge in [-0.05, 0) is 49.2 Å². The fourth-order valence-corrected chi connectivity index (χ4v) is 2.81. The van der Waals surface area contributed by atoms with Gasteiger partial charge in [-0.1, -0.05) is 12.8 Å². The molecule has 1 aromatic carbocycles. The van der Waals surface area contributed by atoms with Crippen LogP contribution >= 0.6 is 0 Å². The molecule has 2 N–H and O–H groups in total. The van der Waals surface area contributed by atoms with Gasteiger partial charge in [0.15, 0.2) is 5.69 Å². The molecule has 0 atom stereocenters. The van der Waals surface area contributed by atoms with Crippen LogP contribution in [0.3, 0.4) is 0 Å². The van der Waals surface area contributed by atoms with E-state index in [4.69, 9.17) is 0 Å². The lowest BCUT2D eigenvalue weighted by Crippen LogP contribution is -2.18. The molecule has 1 aromatic heterocycles. The Morgan fingerprint density at radius 1 is 1.04 bits per heavy atom. The summed E-state index contributed by atoms with van der Waals surface area (Å²) < 4.78 is 4.63. The molecule has 1 aliphatic carbocycles. The van der Waals surface area contributed by atoms with Crippen molar-refractivity contribution in [3.05, 3.63) is 47.7 Å². The Morgan fingerprint density at radius 3 is 2.36 bits per heavy atom. The van der Waals surface area contributed by atoms with E-state index in [-0.39, 0.29) is 11.6 Å². The maximum atomic E-state index is 12.2. The Hall–Kier alpha value is -2.96.